The van der Waals surface area contributed by atoms with Gasteiger partial charge in [-0.2, -0.15) is 4.98 Å². The number of aryl methyl sites for hydroxylation is 1. The van der Waals surface area contributed by atoms with Gasteiger partial charge in [0.2, 0.25) is 5.82 Å². The standard InChI is InChI=1S/C13H17N5O2/c1-2-4-10-15-16-12(18(10)6-3-1)13-14-11(17-20-13)9-5-7-19-8-9/h9H,1-8H2. The van der Waals surface area contributed by atoms with Gasteiger partial charge >= 0.3 is 0 Å². The molecule has 2 aliphatic rings. The monoisotopic (exact) mass is 275 g/mol. The van der Waals surface area contributed by atoms with Crippen molar-refractivity contribution in [3.05, 3.63) is 11.6 Å². The Kier molecular flexibility index (Phi) is 2.99. The first-order valence-electron chi connectivity index (χ1n) is 7.25. The molecule has 20 heavy (non-hydrogen) atoms. The molecule has 0 aromatic carbocycles. The fraction of sp³-hybridized carbons (Fsp3) is 0.692. The predicted octanol–water partition coefficient (Wildman–Crippen LogP) is 1.56. The van der Waals surface area contributed by atoms with Crippen molar-refractivity contribution in [1.29, 1.82) is 0 Å². The van der Waals surface area contributed by atoms with E-state index < -0.39 is 0 Å². The summed E-state index contributed by atoms with van der Waals surface area (Å²) in [5, 5.41) is 12.6. The molecule has 0 saturated carbocycles. The Morgan fingerprint density at radius 3 is 3.05 bits per heavy atom. The Balaban J connectivity index is 1.65. The molecule has 1 saturated heterocycles. The summed E-state index contributed by atoms with van der Waals surface area (Å²) >= 11 is 0. The Bertz CT molecular complexity index is 600. The van der Waals surface area contributed by atoms with Crippen LogP contribution in [-0.4, -0.2) is 38.1 Å². The highest BCUT2D eigenvalue weighted by atomic mass is 16.5. The molecule has 7 nitrogen and oxygen atoms in total. The fourth-order valence-corrected chi connectivity index (χ4v) is 2.87. The first kappa shape index (κ1) is 12.0. The van der Waals surface area contributed by atoms with Gasteiger partial charge in [0.1, 0.15) is 5.82 Å². The summed E-state index contributed by atoms with van der Waals surface area (Å²) in [5.41, 5.74) is 0. The van der Waals surface area contributed by atoms with E-state index in [2.05, 4.69) is 24.9 Å². The number of fused-ring (bicyclic) bond motifs is 1. The van der Waals surface area contributed by atoms with E-state index in [4.69, 9.17) is 9.26 Å². The molecule has 106 valence electrons. The maximum Gasteiger partial charge on any atom is 0.295 e. The number of ether oxygens (including phenoxy) is 1. The van der Waals surface area contributed by atoms with Crippen molar-refractivity contribution < 1.29 is 9.26 Å². The molecule has 2 aliphatic heterocycles. The first-order valence-corrected chi connectivity index (χ1v) is 7.25. The number of rotatable bonds is 2. The number of aromatic nitrogens is 5. The lowest BCUT2D eigenvalue weighted by Gasteiger charge is -2.02. The van der Waals surface area contributed by atoms with E-state index in [-0.39, 0.29) is 5.92 Å². The molecule has 0 amide bonds. The summed E-state index contributed by atoms with van der Waals surface area (Å²) in [5.74, 6) is 3.19. The van der Waals surface area contributed by atoms with Crippen LogP contribution in [0.1, 0.15) is 43.3 Å². The molecule has 0 spiro atoms. The molecule has 0 radical (unpaired) electrons. The van der Waals surface area contributed by atoms with E-state index in [1.165, 1.54) is 12.8 Å². The molecule has 1 fully saturated rings. The summed E-state index contributed by atoms with van der Waals surface area (Å²) in [6, 6.07) is 0. The second-order valence-electron chi connectivity index (χ2n) is 5.42. The molecule has 0 aliphatic carbocycles. The van der Waals surface area contributed by atoms with Gasteiger partial charge in [-0.25, -0.2) is 0 Å². The van der Waals surface area contributed by atoms with Crippen LogP contribution in [-0.2, 0) is 17.7 Å². The minimum atomic E-state index is 0.249. The van der Waals surface area contributed by atoms with Gasteiger partial charge in [-0.15, -0.1) is 10.2 Å². The van der Waals surface area contributed by atoms with Crippen LogP contribution < -0.4 is 0 Å². The average molecular weight is 275 g/mol. The normalized spacial score (nSPS) is 22.7. The molecule has 1 atom stereocenters. The molecule has 0 N–H and O–H groups in total. The van der Waals surface area contributed by atoms with Crippen LogP contribution in [0.4, 0.5) is 0 Å². The summed E-state index contributed by atoms with van der Waals surface area (Å²) in [7, 11) is 0. The van der Waals surface area contributed by atoms with Gasteiger partial charge in [0, 0.05) is 25.5 Å². The van der Waals surface area contributed by atoms with Gasteiger partial charge in [0.25, 0.3) is 5.89 Å². The number of nitrogens with zero attached hydrogens (tertiary/aromatic N) is 5. The average Bonchev–Trinajstić information content (AvgIpc) is 3.16. The van der Waals surface area contributed by atoms with Crippen LogP contribution in [0.15, 0.2) is 4.52 Å². The minimum absolute atomic E-state index is 0.249. The molecule has 2 aromatic heterocycles. The van der Waals surface area contributed by atoms with E-state index in [9.17, 15) is 0 Å². The maximum atomic E-state index is 5.39. The smallest absolute Gasteiger partial charge is 0.295 e. The SMILES string of the molecule is C1CCc2nnc(-c3nc(C4CCOC4)no3)n2CC1. The Hall–Kier alpha value is -1.76. The molecule has 2 aromatic rings. The zero-order valence-electron chi connectivity index (χ0n) is 11.3. The minimum Gasteiger partial charge on any atom is -0.381 e. The van der Waals surface area contributed by atoms with Crippen molar-refractivity contribution in [3.8, 4) is 11.7 Å². The topological polar surface area (TPSA) is 78.9 Å². The van der Waals surface area contributed by atoms with Gasteiger partial charge in [0.05, 0.1) is 6.61 Å². The molecule has 4 heterocycles. The van der Waals surface area contributed by atoms with E-state index >= 15 is 0 Å². The van der Waals surface area contributed by atoms with Gasteiger partial charge in [0.15, 0.2) is 5.82 Å². The lowest BCUT2D eigenvalue weighted by molar-refractivity contribution is 0.192. The fourth-order valence-electron chi connectivity index (χ4n) is 2.87. The molecular formula is C13H17N5O2. The summed E-state index contributed by atoms with van der Waals surface area (Å²) in [6.07, 6.45) is 5.49. The zero-order chi connectivity index (χ0) is 13.4. The predicted molar refractivity (Wildman–Crippen MR) is 69.0 cm³/mol. The summed E-state index contributed by atoms with van der Waals surface area (Å²) in [4.78, 5) is 4.49. The molecular weight excluding hydrogens is 258 g/mol. The van der Waals surface area contributed by atoms with E-state index in [0.29, 0.717) is 18.3 Å². The van der Waals surface area contributed by atoms with E-state index in [1.54, 1.807) is 0 Å². The molecule has 4 rings (SSSR count). The second kappa shape index (κ2) is 4.97. The maximum absolute atomic E-state index is 5.39. The van der Waals surface area contributed by atoms with Gasteiger partial charge in [-0.05, 0) is 19.3 Å². The highest BCUT2D eigenvalue weighted by Gasteiger charge is 2.26. The Labute approximate surface area is 116 Å². The van der Waals surface area contributed by atoms with Gasteiger partial charge in [-0.3, -0.25) is 0 Å². The number of hydrogen-bond donors (Lipinski definition) is 0. The van der Waals surface area contributed by atoms with Crippen LogP contribution in [0.3, 0.4) is 0 Å². The summed E-state index contributed by atoms with van der Waals surface area (Å²) < 4.78 is 12.9. The molecule has 1 unspecified atom stereocenters. The van der Waals surface area contributed by atoms with Crippen LogP contribution in [0, 0.1) is 0 Å². The third-order valence-corrected chi connectivity index (χ3v) is 4.04. The first-order chi connectivity index (χ1) is 9.92. The van der Waals surface area contributed by atoms with Crippen molar-refractivity contribution in [2.45, 2.75) is 44.6 Å². The van der Waals surface area contributed by atoms with Gasteiger partial charge < -0.3 is 13.8 Å². The highest BCUT2D eigenvalue weighted by Crippen LogP contribution is 2.26. The van der Waals surface area contributed by atoms with Crippen LogP contribution in [0.25, 0.3) is 11.7 Å². The van der Waals surface area contributed by atoms with Crippen molar-refractivity contribution in [3.63, 3.8) is 0 Å². The Morgan fingerprint density at radius 1 is 1.15 bits per heavy atom. The summed E-state index contributed by atoms with van der Waals surface area (Å²) in [6.45, 7) is 2.38. The zero-order valence-corrected chi connectivity index (χ0v) is 11.3. The van der Waals surface area contributed by atoms with Crippen LogP contribution in [0.5, 0.6) is 0 Å². The Morgan fingerprint density at radius 2 is 2.15 bits per heavy atom. The van der Waals surface area contributed by atoms with Crippen molar-refractivity contribution in [2.24, 2.45) is 0 Å². The largest absolute Gasteiger partial charge is 0.381 e. The van der Waals surface area contributed by atoms with Crippen molar-refractivity contribution >= 4 is 0 Å². The third-order valence-electron chi connectivity index (χ3n) is 4.04. The number of hydrogen-bond acceptors (Lipinski definition) is 6. The van der Waals surface area contributed by atoms with Crippen LogP contribution >= 0.6 is 0 Å². The highest BCUT2D eigenvalue weighted by molar-refractivity contribution is 5.40. The lowest BCUT2D eigenvalue weighted by atomic mass is 10.1. The van der Waals surface area contributed by atoms with Crippen molar-refractivity contribution in [1.82, 2.24) is 24.9 Å². The third kappa shape index (κ3) is 2.02. The quantitative estimate of drug-likeness (QED) is 0.827. The van der Waals surface area contributed by atoms with E-state index in [0.717, 1.165) is 44.1 Å². The second-order valence-corrected chi connectivity index (χ2v) is 5.42. The molecule has 7 heteroatoms. The van der Waals surface area contributed by atoms with Crippen LogP contribution in [0.2, 0.25) is 0 Å². The van der Waals surface area contributed by atoms with Gasteiger partial charge in [-0.1, -0.05) is 11.6 Å². The lowest BCUT2D eigenvalue weighted by Crippen LogP contribution is -2.03. The molecule has 0 bridgehead atoms. The van der Waals surface area contributed by atoms with E-state index in [1.807, 2.05) is 0 Å². The van der Waals surface area contributed by atoms with Crippen molar-refractivity contribution in [2.75, 3.05) is 13.2 Å².